The number of carbonyl (C=O) groups is 1. The molecule has 136 valence electrons. The molecule has 0 bridgehead atoms. The first-order valence-corrected chi connectivity index (χ1v) is 9.02. The quantitative estimate of drug-likeness (QED) is 0.707. The lowest BCUT2D eigenvalue weighted by atomic mass is 9.99. The largest absolute Gasteiger partial charge is 0.340 e. The van der Waals surface area contributed by atoms with Gasteiger partial charge in [0.1, 0.15) is 11.6 Å². The Bertz CT molecular complexity index is 1010. The minimum atomic E-state index is -0.482. The molecule has 1 aliphatic heterocycles. The SMILES string of the molecule is O=C(c1ccnc(Nc2ccc(F)c(Cl)c2)c1)N1CCc2ccccc2C1. The van der Waals surface area contributed by atoms with Crippen molar-refractivity contribution in [3.8, 4) is 0 Å². The number of aromatic nitrogens is 1. The van der Waals surface area contributed by atoms with E-state index in [9.17, 15) is 9.18 Å². The van der Waals surface area contributed by atoms with Gasteiger partial charge in [-0.3, -0.25) is 4.79 Å². The standard InChI is InChI=1S/C21H17ClFN3O/c22-18-12-17(5-6-19(18)23)25-20-11-15(7-9-24-20)21(27)26-10-8-14-3-1-2-4-16(14)13-26/h1-7,9,11-12H,8,10,13H2,(H,24,25). The average molecular weight is 382 g/mol. The van der Waals surface area contributed by atoms with Crippen LogP contribution in [0.2, 0.25) is 5.02 Å². The third kappa shape index (κ3) is 3.78. The molecule has 0 fully saturated rings. The van der Waals surface area contributed by atoms with Gasteiger partial charge in [-0.05, 0) is 47.9 Å². The van der Waals surface area contributed by atoms with Crippen molar-refractivity contribution < 1.29 is 9.18 Å². The van der Waals surface area contributed by atoms with Crippen LogP contribution >= 0.6 is 11.6 Å². The second-order valence-electron chi connectivity index (χ2n) is 6.43. The summed E-state index contributed by atoms with van der Waals surface area (Å²) < 4.78 is 13.3. The van der Waals surface area contributed by atoms with Crippen molar-refractivity contribution in [2.75, 3.05) is 11.9 Å². The minimum absolute atomic E-state index is 0.0270. The number of benzene rings is 2. The van der Waals surface area contributed by atoms with E-state index in [0.717, 1.165) is 6.42 Å². The van der Waals surface area contributed by atoms with Crippen LogP contribution in [0.4, 0.5) is 15.9 Å². The molecule has 0 saturated heterocycles. The molecule has 4 nitrogen and oxygen atoms in total. The molecule has 2 heterocycles. The van der Waals surface area contributed by atoms with E-state index in [1.165, 1.54) is 23.3 Å². The second-order valence-corrected chi connectivity index (χ2v) is 6.84. The fraction of sp³-hybridized carbons (Fsp3) is 0.143. The molecule has 0 spiro atoms. The number of hydrogen-bond acceptors (Lipinski definition) is 3. The van der Waals surface area contributed by atoms with Crippen LogP contribution in [0, 0.1) is 5.82 Å². The van der Waals surface area contributed by atoms with Gasteiger partial charge in [0.15, 0.2) is 0 Å². The maximum atomic E-state index is 13.3. The van der Waals surface area contributed by atoms with Gasteiger partial charge in [0.25, 0.3) is 5.91 Å². The van der Waals surface area contributed by atoms with Crippen molar-refractivity contribution in [2.24, 2.45) is 0 Å². The summed E-state index contributed by atoms with van der Waals surface area (Å²) in [5.74, 6) is -0.0162. The van der Waals surface area contributed by atoms with Crippen molar-refractivity contribution in [3.05, 3.63) is 88.3 Å². The first-order valence-electron chi connectivity index (χ1n) is 8.64. The number of pyridine rings is 1. The monoisotopic (exact) mass is 381 g/mol. The van der Waals surface area contributed by atoms with E-state index in [1.807, 2.05) is 17.0 Å². The zero-order valence-electron chi connectivity index (χ0n) is 14.5. The molecule has 0 aliphatic carbocycles. The zero-order chi connectivity index (χ0) is 18.8. The van der Waals surface area contributed by atoms with E-state index in [0.29, 0.717) is 30.2 Å². The van der Waals surface area contributed by atoms with Crippen molar-refractivity contribution in [3.63, 3.8) is 0 Å². The number of amides is 1. The predicted molar refractivity (Wildman–Crippen MR) is 104 cm³/mol. The number of nitrogens with one attached hydrogen (secondary N) is 1. The summed E-state index contributed by atoms with van der Waals surface area (Å²) in [5, 5.41) is 3.08. The van der Waals surface area contributed by atoms with Crippen LogP contribution in [0.3, 0.4) is 0 Å². The van der Waals surface area contributed by atoms with Crippen molar-refractivity contribution >= 4 is 29.0 Å². The zero-order valence-corrected chi connectivity index (χ0v) is 15.2. The van der Waals surface area contributed by atoms with Crippen molar-refractivity contribution in [2.45, 2.75) is 13.0 Å². The van der Waals surface area contributed by atoms with E-state index in [4.69, 9.17) is 11.6 Å². The molecule has 2 aromatic carbocycles. The van der Waals surface area contributed by atoms with Crippen molar-refractivity contribution in [1.29, 1.82) is 0 Å². The average Bonchev–Trinajstić information content (AvgIpc) is 2.70. The highest BCUT2D eigenvalue weighted by atomic mass is 35.5. The van der Waals surface area contributed by atoms with Gasteiger partial charge in [-0.1, -0.05) is 35.9 Å². The lowest BCUT2D eigenvalue weighted by Gasteiger charge is -2.29. The number of nitrogens with zero attached hydrogens (tertiary/aromatic N) is 2. The predicted octanol–water partition coefficient (Wildman–Crippen LogP) is 4.82. The van der Waals surface area contributed by atoms with Crippen LogP contribution in [0.15, 0.2) is 60.8 Å². The number of halogens is 2. The Morgan fingerprint density at radius 2 is 1.93 bits per heavy atom. The van der Waals surface area contributed by atoms with E-state index >= 15 is 0 Å². The van der Waals surface area contributed by atoms with Crippen LogP contribution < -0.4 is 5.32 Å². The van der Waals surface area contributed by atoms with Crippen LogP contribution in [0.25, 0.3) is 0 Å². The molecule has 1 amide bonds. The topological polar surface area (TPSA) is 45.2 Å². The lowest BCUT2D eigenvalue weighted by Crippen LogP contribution is -2.35. The number of fused-ring (bicyclic) bond motifs is 1. The minimum Gasteiger partial charge on any atom is -0.340 e. The van der Waals surface area contributed by atoms with Gasteiger partial charge in [0.05, 0.1) is 5.02 Å². The molecule has 3 aromatic rings. The summed E-state index contributed by atoms with van der Waals surface area (Å²) in [6, 6.07) is 15.9. The lowest BCUT2D eigenvalue weighted by molar-refractivity contribution is 0.0734. The Hall–Kier alpha value is -2.92. The number of carbonyl (C=O) groups excluding carboxylic acids is 1. The summed E-state index contributed by atoms with van der Waals surface area (Å²) in [5.41, 5.74) is 3.64. The van der Waals surface area contributed by atoms with E-state index < -0.39 is 5.82 Å². The van der Waals surface area contributed by atoms with Gasteiger partial charge < -0.3 is 10.2 Å². The number of anilines is 2. The Morgan fingerprint density at radius 1 is 1.11 bits per heavy atom. The fourth-order valence-electron chi connectivity index (χ4n) is 3.21. The molecule has 0 saturated carbocycles. The van der Waals surface area contributed by atoms with E-state index in [2.05, 4.69) is 22.4 Å². The molecule has 1 N–H and O–H groups in total. The summed E-state index contributed by atoms with van der Waals surface area (Å²) in [6.07, 6.45) is 2.44. The molecule has 6 heteroatoms. The Kier molecular flexibility index (Phi) is 4.77. The van der Waals surface area contributed by atoms with E-state index in [1.54, 1.807) is 24.4 Å². The number of hydrogen-bond donors (Lipinski definition) is 1. The molecule has 0 radical (unpaired) electrons. The van der Waals surface area contributed by atoms with Crippen LogP contribution in [0.5, 0.6) is 0 Å². The molecular formula is C21H17ClFN3O. The molecule has 0 unspecified atom stereocenters. The van der Waals surface area contributed by atoms with E-state index in [-0.39, 0.29) is 10.9 Å². The third-order valence-electron chi connectivity index (χ3n) is 4.62. The highest BCUT2D eigenvalue weighted by Crippen LogP contribution is 2.24. The molecule has 1 aliphatic rings. The third-order valence-corrected chi connectivity index (χ3v) is 4.91. The summed E-state index contributed by atoms with van der Waals surface area (Å²) in [6.45, 7) is 1.29. The molecule has 1 aromatic heterocycles. The molecule has 4 rings (SSSR count). The molecule has 0 atom stereocenters. The molecule has 27 heavy (non-hydrogen) atoms. The maximum absolute atomic E-state index is 13.3. The number of rotatable bonds is 3. The normalized spacial score (nSPS) is 13.2. The summed E-state index contributed by atoms with van der Waals surface area (Å²) in [4.78, 5) is 19.0. The Balaban J connectivity index is 1.52. The van der Waals surface area contributed by atoms with Gasteiger partial charge in [-0.15, -0.1) is 0 Å². The smallest absolute Gasteiger partial charge is 0.254 e. The van der Waals surface area contributed by atoms with Gasteiger partial charge in [-0.25, -0.2) is 9.37 Å². The Labute approximate surface area is 161 Å². The fourth-order valence-corrected chi connectivity index (χ4v) is 3.39. The van der Waals surface area contributed by atoms with Crippen molar-refractivity contribution in [1.82, 2.24) is 9.88 Å². The first kappa shape index (κ1) is 17.5. The Morgan fingerprint density at radius 3 is 2.74 bits per heavy atom. The van der Waals surface area contributed by atoms with Crippen LogP contribution in [-0.2, 0) is 13.0 Å². The van der Waals surface area contributed by atoms with Crippen LogP contribution in [-0.4, -0.2) is 22.3 Å². The second kappa shape index (κ2) is 7.37. The first-order chi connectivity index (χ1) is 13.1. The van der Waals surface area contributed by atoms with Gasteiger partial charge >= 0.3 is 0 Å². The highest BCUT2D eigenvalue weighted by molar-refractivity contribution is 6.31. The van der Waals surface area contributed by atoms with Gasteiger partial charge in [0, 0.05) is 30.5 Å². The highest BCUT2D eigenvalue weighted by Gasteiger charge is 2.21. The van der Waals surface area contributed by atoms with Crippen LogP contribution in [0.1, 0.15) is 21.5 Å². The maximum Gasteiger partial charge on any atom is 0.254 e. The van der Waals surface area contributed by atoms with Gasteiger partial charge in [0.2, 0.25) is 0 Å². The molecular weight excluding hydrogens is 365 g/mol. The summed E-state index contributed by atoms with van der Waals surface area (Å²) >= 11 is 5.81. The summed E-state index contributed by atoms with van der Waals surface area (Å²) in [7, 11) is 0. The van der Waals surface area contributed by atoms with Gasteiger partial charge in [-0.2, -0.15) is 0 Å².